The van der Waals surface area contributed by atoms with Crippen molar-refractivity contribution in [2.45, 2.75) is 37.8 Å². The van der Waals surface area contributed by atoms with Crippen molar-refractivity contribution in [2.75, 3.05) is 6.54 Å². The molecule has 2 amide bonds. The van der Waals surface area contributed by atoms with E-state index in [1.54, 1.807) is 6.08 Å². The fourth-order valence-corrected chi connectivity index (χ4v) is 1.66. The van der Waals surface area contributed by atoms with Crippen LogP contribution in [0.4, 0.5) is 4.79 Å². The molecule has 0 aromatic carbocycles. The van der Waals surface area contributed by atoms with Crippen molar-refractivity contribution in [2.24, 2.45) is 5.73 Å². The molecule has 14 heavy (non-hydrogen) atoms. The summed E-state index contributed by atoms with van der Waals surface area (Å²) in [6.45, 7) is 4.04. The average molecular weight is 197 g/mol. The first kappa shape index (κ1) is 11.0. The van der Waals surface area contributed by atoms with Crippen molar-refractivity contribution in [1.82, 2.24) is 10.6 Å². The van der Waals surface area contributed by atoms with E-state index in [-0.39, 0.29) is 6.03 Å². The molecule has 4 nitrogen and oxygen atoms in total. The summed E-state index contributed by atoms with van der Waals surface area (Å²) in [5.74, 6) is 0. The number of urea groups is 1. The second kappa shape index (κ2) is 5.65. The van der Waals surface area contributed by atoms with E-state index in [1.807, 2.05) is 0 Å². The normalized spacial score (nSPS) is 26.6. The molecule has 0 aromatic heterocycles. The molecule has 1 fully saturated rings. The molecule has 0 aliphatic heterocycles. The topological polar surface area (TPSA) is 67.2 Å². The van der Waals surface area contributed by atoms with Gasteiger partial charge in [0.1, 0.15) is 0 Å². The van der Waals surface area contributed by atoms with Gasteiger partial charge in [0.25, 0.3) is 0 Å². The summed E-state index contributed by atoms with van der Waals surface area (Å²) in [6.07, 6.45) is 5.65. The Morgan fingerprint density at radius 3 is 2.64 bits per heavy atom. The Morgan fingerprint density at radius 2 is 2.07 bits per heavy atom. The maximum atomic E-state index is 11.3. The summed E-state index contributed by atoms with van der Waals surface area (Å²) in [5, 5.41) is 5.61. The monoisotopic (exact) mass is 197 g/mol. The minimum Gasteiger partial charge on any atom is -0.335 e. The molecule has 4 N–H and O–H groups in total. The predicted octanol–water partition coefficient (Wildman–Crippen LogP) is 0.741. The predicted molar refractivity (Wildman–Crippen MR) is 57.0 cm³/mol. The molecule has 80 valence electrons. The Balaban J connectivity index is 2.17. The molecule has 0 spiro atoms. The van der Waals surface area contributed by atoms with E-state index in [0.29, 0.717) is 18.6 Å². The highest BCUT2D eigenvalue weighted by molar-refractivity contribution is 5.74. The third-order valence-corrected chi connectivity index (χ3v) is 2.51. The van der Waals surface area contributed by atoms with Crippen LogP contribution in [-0.2, 0) is 0 Å². The number of rotatable bonds is 3. The van der Waals surface area contributed by atoms with Crippen molar-refractivity contribution in [3.63, 3.8) is 0 Å². The molecule has 0 saturated heterocycles. The van der Waals surface area contributed by atoms with Gasteiger partial charge in [-0.2, -0.15) is 0 Å². The summed E-state index contributed by atoms with van der Waals surface area (Å²) in [4.78, 5) is 11.3. The molecule has 0 heterocycles. The molecular formula is C10H19N3O. The second-order valence-electron chi connectivity index (χ2n) is 3.75. The summed E-state index contributed by atoms with van der Waals surface area (Å²) in [5.41, 5.74) is 5.77. The van der Waals surface area contributed by atoms with Crippen LogP contribution in [-0.4, -0.2) is 24.7 Å². The summed E-state index contributed by atoms with van der Waals surface area (Å²) in [7, 11) is 0. The van der Waals surface area contributed by atoms with Crippen LogP contribution in [0.5, 0.6) is 0 Å². The van der Waals surface area contributed by atoms with Gasteiger partial charge < -0.3 is 16.4 Å². The Kier molecular flexibility index (Phi) is 4.46. The molecule has 1 aliphatic carbocycles. The molecule has 0 bridgehead atoms. The lowest BCUT2D eigenvalue weighted by Gasteiger charge is -2.26. The van der Waals surface area contributed by atoms with Gasteiger partial charge in [0.2, 0.25) is 0 Å². The quantitative estimate of drug-likeness (QED) is 0.584. The minimum absolute atomic E-state index is 0.106. The van der Waals surface area contributed by atoms with E-state index in [2.05, 4.69) is 17.2 Å². The van der Waals surface area contributed by atoms with Gasteiger partial charge in [-0.15, -0.1) is 6.58 Å². The molecule has 0 unspecified atom stereocenters. The first-order valence-corrected chi connectivity index (χ1v) is 5.13. The second-order valence-corrected chi connectivity index (χ2v) is 3.75. The van der Waals surface area contributed by atoms with Gasteiger partial charge >= 0.3 is 6.03 Å². The van der Waals surface area contributed by atoms with Crippen molar-refractivity contribution in [3.8, 4) is 0 Å². The van der Waals surface area contributed by atoms with Crippen LogP contribution in [0, 0.1) is 0 Å². The van der Waals surface area contributed by atoms with Gasteiger partial charge in [0.15, 0.2) is 0 Å². The highest BCUT2D eigenvalue weighted by Crippen LogP contribution is 2.16. The number of nitrogens with two attached hydrogens (primary N) is 1. The zero-order valence-electron chi connectivity index (χ0n) is 8.46. The fraction of sp³-hybridized carbons (Fsp3) is 0.700. The van der Waals surface area contributed by atoms with Gasteiger partial charge in [-0.05, 0) is 25.7 Å². The maximum Gasteiger partial charge on any atom is 0.315 e. The van der Waals surface area contributed by atoms with E-state index in [9.17, 15) is 4.79 Å². The van der Waals surface area contributed by atoms with E-state index >= 15 is 0 Å². The minimum atomic E-state index is -0.106. The molecule has 1 saturated carbocycles. The summed E-state index contributed by atoms with van der Waals surface area (Å²) in [6, 6.07) is 0.509. The first-order valence-electron chi connectivity index (χ1n) is 5.13. The van der Waals surface area contributed by atoms with Crippen molar-refractivity contribution < 1.29 is 4.79 Å². The number of carbonyl (C=O) groups is 1. The van der Waals surface area contributed by atoms with Crippen LogP contribution >= 0.6 is 0 Å². The molecule has 1 rings (SSSR count). The number of amides is 2. The summed E-state index contributed by atoms with van der Waals surface area (Å²) < 4.78 is 0. The van der Waals surface area contributed by atoms with Crippen molar-refractivity contribution >= 4 is 6.03 Å². The van der Waals surface area contributed by atoms with Crippen LogP contribution in [0.3, 0.4) is 0 Å². The van der Waals surface area contributed by atoms with Gasteiger partial charge in [0.05, 0.1) is 0 Å². The van der Waals surface area contributed by atoms with Gasteiger partial charge in [-0.1, -0.05) is 6.08 Å². The van der Waals surface area contributed by atoms with E-state index < -0.39 is 0 Å². The van der Waals surface area contributed by atoms with Crippen LogP contribution < -0.4 is 16.4 Å². The lowest BCUT2D eigenvalue weighted by atomic mass is 9.92. The Bertz CT molecular complexity index is 198. The van der Waals surface area contributed by atoms with Crippen molar-refractivity contribution in [1.29, 1.82) is 0 Å². The van der Waals surface area contributed by atoms with Crippen molar-refractivity contribution in [3.05, 3.63) is 12.7 Å². The molecule has 0 aromatic rings. The highest BCUT2D eigenvalue weighted by atomic mass is 16.2. The molecular weight excluding hydrogens is 178 g/mol. The molecule has 4 heteroatoms. The number of nitrogens with one attached hydrogen (secondary N) is 2. The van der Waals surface area contributed by atoms with Crippen LogP contribution in [0.15, 0.2) is 12.7 Å². The third-order valence-electron chi connectivity index (χ3n) is 2.51. The Hall–Kier alpha value is -1.03. The van der Waals surface area contributed by atoms with E-state index in [0.717, 1.165) is 25.7 Å². The standard InChI is InChI=1S/C10H19N3O/c1-2-7-12-10(14)13-9-5-3-8(11)4-6-9/h2,8-9H,1,3-7,11H2,(H2,12,13,14). The summed E-state index contributed by atoms with van der Waals surface area (Å²) >= 11 is 0. The fourth-order valence-electron chi connectivity index (χ4n) is 1.66. The Labute approximate surface area is 84.9 Å². The van der Waals surface area contributed by atoms with Crippen LogP contribution in [0.25, 0.3) is 0 Å². The lowest BCUT2D eigenvalue weighted by molar-refractivity contribution is 0.232. The SMILES string of the molecule is C=CCNC(=O)NC1CCC(N)CC1. The van der Waals surface area contributed by atoms with Crippen LogP contribution in [0.2, 0.25) is 0 Å². The first-order chi connectivity index (χ1) is 6.72. The molecule has 0 radical (unpaired) electrons. The Morgan fingerprint density at radius 1 is 1.43 bits per heavy atom. The highest BCUT2D eigenvalue weighted by Gasteiger charge is 2.19. The number of carbonyl (C=O) groups excluding carboxylic acids is 1. The van der Waals surface area contributed by atoms with E-state index in [1.165, 1.54) is 0 Å². The zero-order valence-corrected chi connectivity index (χ0v) is 8.46. The van der Waals surface area contributed by atoms with Crippen LogP contribution in [0.1, 0.15) is 25.7 Å². The van der Waals surface area contributed by atoms with Gasteiger partial charge in [-0.25, -0.2) is 4.79 Å². The number of hydrogen-bond acceptors (Lipinski definition) is 2. The largest absolute Gasteiger partial charge is 0.335 e. The van der Waals surface area contributed by atoms with E-state index in [4.69, 9.17) is 5.73 Å². The van der Waals surface area contributed by atoms with Gasteiger partial charge in [0, 0.05) is 18.6 Å². The van der Waals surface area contributed by atoms with Gasteiger partial charge in [-0.3, -0.25) is 0 Å². The maximum absolute atomic E-state index is 11.3. The average Bonchev–Trinajstić information content (AvgIpc) is 2.18. The third kappa shape index (κ3) is 3.79. The number of hydrogen-bond donors (Lipinski definition) is 3. The molecule has 0 atom stereocenters. The molecule has 1 aliphatic rings. The smallest absolute Gasteiger partial charge is 0.315 e. The zero-order chi connectivity index (χ0) is 10.4. The lowest BCUT2D eigenvalue weighted by Crippen LogP contribution is -2.45.